The van der Waals surface area contributed by atoms with E-state index in [1.165, 1.54) is 22.3 Å². The van der Waals surface area contributed by atoms with Crippen molar-refractivity contribution in [2.24, 2.45) is 5.73 Å². The number of aryl methyl sites for hydroxylation is 2. The highest BCUT2D eigenvalue weighted by Crippen LogP contribution is 2.38. The van der Waals surface area contributed by atoms with E-state index in [0.29, 0.717) is 0 Å². The second-order valence-electron chi connectivity index (χ2n) is 6.55. The summed E-state index contributed by atoms with van der Waals surface area (Å²) < 4.78 is 25.8. The van der Waals surface area contributed by atoms with E-state index in [0.717, 1.165) is 44.2 Å². The summed E-state index contributed by atoms with van der Waals surface area (Å²) >= 11 is 0. The summed E-state index contributed by atoms with van der Waals surface area (Å²) in [5.74, 6) is -0.272. The molecule has 1 atom stereocenters. The summed E-state index contributed by atoms with van der Waals surface area (Å²) in [6, 6.07) is 1.05. The van der Waals surface area contributed by atoms with Crippen LogP contribution in [-0.4, -0.2) is 26.2 Å². The van der Waals surface area contributed by atoms with Crippen molar-refractivity contribution in [1.82, 2.24) is 4.72 Å². The molecule has 4 N–H and O–H groups in total. The Morgan fingerprint density at radius 2 is 1.74 bits per heavy atom. The number of nitrogens with one attached hydrogen (secondary N) is 2. The van der Waals surface area contributed by atoms with Crippen molar-refractivity contribution in [3.63, 3.8) is 0 Å². The van der Waals surface area contributed by atoms with Gasteiger partial charge < -0.3 is 11.1 Å². The van der Waals surface area contributed by atoms with Crippen molar-refractivity contribution < 1.29 is 13.2 Å². The molecule has 0 bridgehead atoms. The summed E-state index contributed by atoms with van der Waals surface area (Å²) in [6.45, 7) is 1.59. The van der Waals surface area contributed by atoms with Crippen LogP contribution >= 0.6 is 0 Å². The van der Waals surface area contributed by atoms with Gasteiger partial charge in [-0.1, -0.05) is 6.07 Å². The third-order valence-electron chi connectivity index (χ3n) is 4.44. The van der Waals surface area contributed by atoms with E-state index in [1.807, 2.05) is 0 Å². The Balaban J connectivity index is 1.82. The summed E-state index contributed by atoms with van der Waals surface area (Å²) in [5.41, 5.74) is 11.3. The van der Waals surface area contributed by atoms with Crippen molar-refractivity contribution in [2.45, 2.75) is 51.5 Å². The number of sulfonamides is 1. The van der Waals surface area contributed by atoms with Crippen LogP contribution in [0.5, 0.6) is 0 Å². The smallest absolute Gasteiger partial charge is 0.327 e. The maximum Gasteiger partial charge on any atom is 0.332 e. The van der Waals surface area contributed by atoms with Gasteiger partial charge in [0.25, 0.3) is 0 Å². The molecule has 0 saturated carbocycles. The average Bonchev–Trinajstić information content (AvgIpc) is 3.03. The molecule has 2 aliphatic carbocycles. The number of anilines is 1. The van der Waals surface area contributed by atoms with Crippen LogP contribution in [0, 0.1) is 0 Å². The number of carbonyl (C=O) groups is 1. The molecule has 0 spiro atoms. The minimum atomic E-state index is -3.72. The van der Waals surface area contributed by atoms with Crippen LogP contribution in [-0.2, 0) is 35.7 Å². The van der Waals surface area contributed by atoms with Crippen LogP contribution in [0.2, 0.25) is 0 Å². The quantitative estimate of drug-likeness (QED) is 0.774. The van der Waals surface area contributed by atoms with Crippen LogP contribution in [0.15, 0.2) is 6.07 Å². The molecular formula is C16H23N3O3S. The van der Waals surface area contributed by atoms with Crippen molar-refractivity contribution in [2.75, 3.05) is 11.1 Å². The number of rotatable bonds is 4. The predicted molar refractivity (Wildman–Crippen MR) is 90.1 cm³/mol. The van der Waals surface area contributed by atoms with Crippen LogP contribution in [0.1, 0.15) is 42.0 Å². The van der Waals surface area contributed by atoms with Gasteiger partial charge in [0.2, 0.25) is 10.0 Å². The Labute approximate surface area is 136 Å². The van der Waals surface area contributed by atoms with Crippen LogP contribution < -0.4 is 15.8 Å². The van der Waals surface area contributed by atoms with Crippen molar-refractivity contribution in [1.29, 1.82) is 0 Å². The minimum Gasteiger partial charge on any atom is -0.327 e. The van der Waals surface area contributed by atoms with E-state index in [1.54, 1.807) is 6.92 Å². The molecule has 23 heavy (non-hydrogen) atoms. The van der Waals surface area contributed by atoms with Gasteiger partial charge >= 0.3 is 6.03 Å². The average molecular weight is 337 g/mol. The van der Waals surface area contributed by atoms with Crippen LogP contribution in [0.3, 0.4) is 0 Å². The van der Waals surface area contributed by atoms with E-state index in [4.69, 9.17) is 5.73 Å². The maximum absolute atomic E-state index is 12.2. The Kier molecular flexibility index (Phi) is 4.33. The number of fused-ring (bicyclic) bond motifs is 2. The number of nitrogens with two attached hydrogens (primary N) is 1. The van der Waals surface area contributed by atoms with Gasteiger partial charge in [-0.15, -0.1) is 0 Å². The Bertz CT molecular complexity index is 709. The molecule has 7 heteroatoms. The lowest BCUT2D eigenvalue weighted by Crippen LogP contribution is -2.40. The number of urea groups is 1. The second-order valence-corrected chi connectivity index (χ2v) is 8.32. The first kappa shape index (κ1) is 16.3. The zero-order valence-corrected chi connectivity index (χ0v) is 14.1. The molecule has 2 amide bonds. The molecule has 3 rings (SSSR count). The third-order valence-corrected chi connectivity index (χ3v) is 5.90. The fourth-order valence-electron chi connectivity index (χ4n) is 3.64. The van der Waals surface area contributed by atoms with E-state index in [9.17, 15) is 13.2 Å². The summed E-state index contributed by atoms with van der Waals surface area (Å²) in [4.78, 5) is 12.2. The molecule has 0 saturated heterocycles. The first-order chi connectivity index (χ1) is 10.9. The lowest BCUT2D eigenvalue weighted by Gasteiger charge is -2.17. The maximum atomic E-state index is 12.2. The van der Waals surface area contributed by atoms with Gasteiger partial charge in [-0.2, -0.15) is 0 Å². The molecule has 1 aromatic carbocycles. The lowest BCUT2D eigenvalue weighted by atomic mass is 9.99. The van der Waals surface area contributed by atoms with Gasteiger partial charge in [0.05, 0.1) is 5.75 Å². The van der Waals surface area contributed by atoms with Crippen molar-refractivity contribution in [3.8, 4) is 0 Å². The van der Waals surface area contributed by atoms with E-state index < -0.39 is 22.1 Å². The highest BCUT2D eigenvalue weighted by molar-refractivity contribution is 7.90. The molecule has 1 unspecified atom stereocenters. The molecule has 6 nitrogen and oxygen atoms in total. The molecule has 126 valence electrons. The van der Waals surface area contributed by atoms with Crippen LogP contribution in [0.25, 0.3) is 0 Å². The normalized spacial score (nSPS) is 17.5. The van der Waals surface area contributed by atoms with E-state index >= 15 is 0 Å². The third kappa shape index (κ3) is 3.50. The summed E-state index contributed by atoms with van der Waals surface area (Å²) in [6.07, 6.45) is 6.09. The molecule has 0 aliphatic heterocycles. The fourth-order valence-corrected chi connectivity index (χ4v) is 4.74. The zero-order chi connectivity index (χ0) is 16.6. The summed E-state index contributed by atoms with van der Waals surface area (Å²) in [5, 5.41) is 2.80. The number of hydrogen-bond donors (Lipinski definition) is 3. The fraction of sp³-hybridized carbons (Fsp3) is 0.562. The van der Waals surface area contributed by atoms with E-state index in [-0.39, 0.29) is 5.75 Å². The van der Waals surface area contributed by atoms with Crippen LogP contribution in [0.4, 0.5) is 10.5 Å². The van der Waals surface area contributed by atoms with Crippen molar-refractivity contribution in [3.05, 3.63) is 28.3 Å². The summed E-state index contributed by atoms with van der Waals surface area (Å²) in [7, 11) is -3.72. The highest BCUT2D eigenvalue weighted by Gasteiger charge is 2.26. The predicted octanol–water partition coefficient (Wildman–Crippen LogP) is 1.46. The van der Waals surface area contributed by atoms with E-state index in [2.05, 4.69) is 16.1 Å². The highest BCUT2D eigenvalue weighted by atomic mass is 32.2. The molecule has 2 aliphatic rings. The molecule has 0 aromatic heterocycles. The van der Waals surface area contributed by atoms with Gasteiger partial charge in [-0.3, -0.25) is 0 Å². The lowest BCUT2D eigenvalue weighted by molar-refractivity contribution is 0.256. The standard InChI is InChI=1S/C16H23N3O3S/c1-10(17)9-23(21,22)19-16(20)18-15-13-6-2-4-11(13)8-12-5-3-7-14(12)15/h8,10H,2-7,9,17H2,1H3,(H2,18,19,20). The first-order valence-electron chi connectivity index (χ1n) is 8.09. The van der Waals surface area contributed by atoms with Gasteiger partial charge in [-0.05, 0) is 67.7 Å². The van der Waals surface area contributed by atoms with Gasteiger partial charge in [0.1, 0.15) is 0 Å². The molecular weight excluding hydrogens is 314 g/mol. The number of hydrogen-bond acceptors (Lipinski definition) is 4. The number of carbonyl (C=O) groups excluding carboxylic acids is 1. The Morgan fingerprint density at radius 1 is 1.17 bits per heavy atom. The zero-order valence-electron chi connectivity index (χ0n) is 13.3. The molecule has 0 radical (unpaired) electrons. The number of amides is 2. The van der Waals surface area contributed by atoms with Gasteiger partial charge in [0, 0.05) is 11.7 Å². The number of benzene rings is 1. The largest absolute Gasteiger partial charge is 0.332 e. The topological polar surface area (TPSA) is 101 Å². The SMILES string of the molecule is CC(N)CS(=O)(=O)NC(=O)Nc1c2c(cc3c1CCC3)CCC2. The van der Waals surface area contributed by atoms with Crippen molar-refractivity contribution >= 4 is 21.7 Å². The molecule has 0 fully saturated rings. The van der Waals surface area contributed by atoms with Gasteiger partial charge in [-0.25, -0.2) is 17.9 Å². The Hall–Kier alpha value is -1.60. The minimum absolute atomic E-state index is 0.272. The molecule has 1 aromatic rings. The monoisotopic (exact) mass is 337 g/mol. The van der Waals surface area contributed by atoms with Gasteiger partial charge in [0.15, 0.2) is 0 Å². The molecule has 0 heterocycles. The second kappa shape index (κ2) is 6.13. The first-order valence-corrected chi connectivity index (χ1v) is 9.74. The Morgan fingerprint density at radius 3 is 2.26 bits per heavy atom.